The van der Waals surface area contributed by atoms with Crippen LogP contribution in [0.15, 0.2) is 42.5 Å². The molecule has 0 unspecified atom stereocenters. The van der Waals surface area contributed by atoms with E-state index in [9.17, 15) is 4.79 Å². The lowest BCUT2D eigenvalue weighted by atomic mass is 10.2. The molecule has 0 bridgehead atoms. The van der Waals surface area contributed by atoms with Crippen molar-refractivity contribution in [1.29, 1.82) is 0 Å². The van der Waals surface area contributed by atoms with E-state index >= 15 is 0 Å². The molecule has 0 saturated heterocycles. The third-order valence-corrected chi connectivity index (χ3v) is 2.67. The van der Waals surface area contributed by atoms with E-state index in [-0.39, 0.29) is 11.7 Å². The summed E-state index contributed by atoms with van der Waals surface area (Å²) >= 11 is 0. The van der Waals surface area contributed by atoms with Crippen molar-refractivity contribution < 1.29 is 9.90 Å². The van der Waals surface area contributed by atoms with E-state index in [2.05, 4.69) is 10.3 Å². The van der Waals surface area contributed by atoms with Crippen molar-refractivity contribution in [3.8, 4) is 5.75 Å². The molecule has 1 heterocycles. The Balaban J connectivity index is 2.03. The summed E-state index contributed by atoms with van der Waals surface area (Å²) in [5, 5.41) is 11.9. The minimum absolute atomic E-state index is 0.200. The summed E-state index contributed by atoms with van der Waals surface area (Å²) in [5.41, 5.74) is 2.75. The number of carbonyl (C=O) groups is 1. The number of rotatable bonds is 3. The number of hydrogen-bond acceptors (Lipinski definition) is 3. The Morgan fingerprint density at radius 2 is 1.90 bits per heavy atom. The lowest BCUT2D eigenvalue weighted by Gasteiger charge is -2.04. The molecule has 0 aliphatic carbocycles. The Labute approximate surface area is 117 Å². The van der Waals surface area contributed by atoms with Gasteiger partial charge in [-0.2, -0.15) is 0 Å². The summed E-state index contributed by atoms with van der Waals surface area (Å²) in [5.74, 6) is 0.504. The molecule has 102 valence electrons. The van der Waals surface area contributed by atoms with Crippen LogP contribution >= 0.6 is 0 Å². The van der Waals surface area contributed by atoms with Gasteiger partial charge in [-0.3, -0.25) is 4.79 Å². The van der Waals surface area contributed by atoms with Crippen molar-refractivity contribution >= 4 is 17.8 Å². The van der Waals surface area contributed by atoms with Crippen molar-refractivity contribution in [2.75, 3.05) is 5.32 Å². The van der Waals surface area contributed by atoms with Gasteiger partial charge in [0, 0.05) is 11.8 Å². The Morgan fingerprint density at radius 3 is 2.55 bits per heavy atom. The van der Waals surface area contributed by atoms with Crippen LogP contribution in [0.5, 0.6) is 5.75 Å². The van der Waals surface area contributed by atoms with E-state index in [1.54, 1.807) is 30.3 Å². The van der Waals surface area contributed by atoms with E-state index in [1.807, 2.05) is 26.0 Å². The normalized spacial score (nSPS) is 10.7. The minimum atomic E-state index is -0.240. The van der Waals surface area contributed by atoms with E-state index in [1.165, 1.54) is 6.08 Å². The molecular formula is C16H16N2O2. The number of aromatic nitrogens is 1. The Kier molecular flexibility index (Phi) is 4.15. The van der Waals surface area contributed by atoms with Crippen molar-refractivity contribution in [1.82, 2.24) is 4.98 Å². The molecule has 1 aromatic carbocycles. The van der Waals surface area contributed by atoms with Crippen molar-refractivity contribution in [2.24, 2.45) is 0 Å². The lowest BCUT2D eigenvalue weighted by molar-refractivity contribution is -0.111. The molecule has 1 aromatic heterocycles. The maximum absolute atomic E-state index is 11.8. The van der Waals surface area contributed by atoms with Crippen LogP contribution < -0.4 is 5.32 Å². The molecule has 0 fully saturated rings. The van der Waals surface area contributed by atoms with Crippen LogP contribution in [0.1, 0.15) is 16.8 Å². The number of hydrogen-bond donors (Lipinski definition) is 2. The highest BCUT2D eigenvalue weighted by Crippen LogP contribution is 2.11. The number of carbonyl (C=O) groups excluding carboxylic acids is 1. The number of pyridine rings is 1. The first-order chi connectivity index (χ1) is 9.52. The van der Waals surface area contributed by atoms with E-state index < -0.39 is 0 Å². The maximum atomic E-state index is 11.8. The molecule has 0 atom stereocenters. The molecule has 0 saturated carbocycles. The molecule has 4 heteroatoms. The summed E-state index contributed by atoms with van der Waals surface area (Å²) in [6.45, 7) is 3.84. The summed E-state index contributed by atoms with van der Waals surface area (Å²) in [6, 6.07) is 10.4. The second-order valence-electron chi connectivity index (χ2n) is 4.59. The first kappa shape index (κ1) is 13.8. The van der Waals surface area contributed by atoms with E-state index in [4.69, 9.17) is 5.11 Å². The fourth-order valence-electron chi connectivity index (χ4n) is 1.83. The number of phenolic OH excluding ortho intramolecular Hbond substituents is 1. The molecule has 0 radical (unpaired) electrons. The topological polar surface area (TPSA) is 62.2 Å². The summed E-state index contributed by atoms with van der Waals surface area (Å²) in [7, 11) is 0. The third kappa shape index (κ3) is 3.95. The highest BCUT2D eigenvalue weighted by molar-refractivity contribution is 6.01. The molecule has 4 nitrogen and oxygen atoms in total. The van der Waals surface area contributed by atoms with Gasteiger partial charge in [-0.15, -0.1) is 0 Å². The highest BCUT2D eigenvalue weighted by atomic mass is 16.3. The SMILES string of the molecule is Cc1cc(C)nc(NC(=O)/C=C/c2ccc(O)cc2)c1. The number of benzene rings is 1. The summed E-state index contributed by atoms with van der Waals surface area (Å²) in [6.07, 6.45) is 3.11. The van der Waals surface area contributed by atoms with Crippen LogP contribution in [0.3, 0.4) is 0 Å². The van der Waals surface area contributed by atoms with Crippen molar-refractivity contribution in [3.05, 3.63) is 59.3 Å². The zero-order valence-corrected chi connectivity index (χ0v) is 11.4. The fourth-order valence-corrected chi connectivity index (χ4v) is 1.83. The number of aromatic hydroxyl groups is 1. The molecule has 0 aliphatic rings. The van der Waals surface area contributed by atoms with E-state index in [0.717, 1.165) is 16.8 Å². The van der Waals surface area contributed by atoms with Gasteiger partial charge in [0.2, 0.25) is 5.91 Å². The van der Waals surface area contributed by atoms with Crippen LogP contribution in [-0.4, -0.2) is 16.0 Å². The Morgan fingerprint density at radius 1 is 1.20 bits per heavy atom. The van der Waals surface area contributed by atoms with Crippen LogP contribution in [0.2, 0.25) is 0 Å². The van der Waals surface area contributed by atoms with Gasteiger partial charge in [0.1, 0.15) is 11.6 Å². The number of nitrogens with one attached hydrogen (secondary N) is 1. The van der Waals surface area contributed by atoms with Gasteiger partial charge in [-0.05, 0) is 55.3 Å². The monoisotopic (exact) mass is 268 g/mol. The predicted octanol–water partition coefficient (Wildman–Crippen LogP) is 3.06. The van der Waals surface area contributed by atoms with Crippen molar-refractivity contribution in [3.63, 3.8) is 0 Å². The van der Waals surface area contributed by atoms with E-state index in [0.29, 0.717) is 5.82 Å². The molecule has 2 aromatic rings. The van der Waals surface area contributed by atoms with Gasteiger partial charge in [-0.1, -0.05) is 12.1 Å². The van der Waals surface area contributed by atoms with Crippen LogP contribution in [0, 0.1) is 13.8 Å². The van der Waals surface area contributed by atoms with Gasteiger partial charge in [0.25, 0.3) is 0 Å². The molecule has 2 rings (SSSR count). The zero-order valence-electron chi connectivity index (χ0n) is 11.4. The third-order valence-electron chi connectivity index (χ3n) is 2.67. The molecule has 1 amide bonds. The van der Waals surface area contributed by atoms with Gasteiger partial charge < -0.3 is 10.4 Å². The second-order valence-corrected chi connectivity index (χ2v) is 4.59. The number of anilines is 1. The van der Waals surface area contributed by atoms with Crippen molar-refractivity contribution in [2.45, 2.75) is 13.8 Å². The van der Waals surface area contributed by atoms with Gasteiger partial charge in [-0.25, -0.2) is 4.98 Å². The number of aryl methyl sites for hydroxylation is 2. The van der Waals surface area contributed by atoms with Gasteiger partial charge in [0.05, 0.1) is 0 Å². The Bertz CT molecular complexity index is 626. The maximum Gasteiger partial charge on any atom is 0.249 e. The highest BCUT2D eigenvalue weighted by Gasteiger charge is 2.01. The smallest absolute Gasteiger partial charge is 0.249 e. The Hall–Kier alpha value is -2.62. The van der Waals surface area contributed by atoms with Gasteiger partial charge in [0.15, 0.2) is 0 Å². The number of amides is 1. The molecule has 0 aliphatic heterocycles. The minimum Gasteiger partial charge on any atom is -0.508 e. The lowest BCUT2D eigenvalue weighted by Crippen LogP contribution is -2.09. The van der Waals surface area contributed by atoms with Crippen LogP contribution in [0.4, 0.5) is 5.82 Å². The summed E-state index contributed by atoms with van der Waals surface area (Å²) in [4.78, 5) is 16.0. The number of nitrogens with zero attached hydrogens (tertiary/aromatic N) is 1. The average Bonchev–Trinajstić information content (AvgIpc) is 2.37. The molecular weight excluding hydrogens is 252 g/mol. The standard InChI is InChI=1S/C16H16N2O2/c1-11-9-12(2)17-15(10-11)18-16(20)8-5-13-3-6-14(19)7-4-13/h3-10,19H,1-2H3,(H,17,18,20)/b8-5+. The average molecular weight is 268 g/mol. The molecule has 0 spiro atoms. The van der Waals surface area contributed by atoms with Gasteiger partial charge >= 0.3 is 0 Å². The predicted molar refractivity (Wildman–Crippen MR) is 79.5 cm³/mol. The zero-order chi connectivity index (χ0) is 14.5. The second kappa shape index (κ2) is 6.02. The molecule has 2 N–H and O–H groups in total. The first-order valence-corrected chi connectivity index (χ1v) is 6.26. The largest absolute Gasteiger partial charge is 0.508 e. The van der Waals surface area contributed by atoms with Crippen LogP contribution in [0.25, 0.3) is 6.08 Å². The first-order valence-electron chi connectivity index (χ1n) is 6.26. The quantitative estimate of drug-likeness (QED) is 0.841. The fraction of sp³-hybridized carbons (Fsp3) is 0.125. The molecule has 20 heavy (non-hydrogen) atoms. The summed E-state index contributed by atoms with van der Waals surface area (Å²) < 4.78 is 0. The number of phenols is 1. The van der Waals surface area contributed by atoms with Crippen LogP contribution in [-0.2, 0) is 4.79 Å².